The first-order valence-corrected chi connectivity index (χ1v) is 7.42. The molecule has 0 atom stereocenters. The molecule has 0 radical (unpaired) electrons. The fraction of sp³-hybridized carbons (Fsp3) is 0. The Balaban J connectivity index is 1.92. The lowest BCUT2D eigenvalue weighted by atomic mass is 10.2. The molecule has 0 aliphatic heterocycles. The fourth-order valence-electron chi connectivity index (χ4n) is 1.80. The SMILES string of the molecule is O=C(Nc1ccccc1-n1cncn1)c1cc(Cl)sc1Cl. The van der Waals surface area contributed by atoms with E-state index in [0.29, 0.717) is 25.6 Å². The molecular formula is C13H8Cl2N4OS. The molecule has 0 fully saturated rings. The number of carbonyl (C=O) groups excluding carboxylic acids is 1. The Bertz CT molecular complexity index is 785. The summed E-state index contributed by atoms with van der Waals surface area (Å²) in [4.78, 5) is 16.2. The van der Waals surface area contributed by atoms with E-state index in [2.05, 4.69) is 15.4 Å². The zero-order chi connectivity index (χ0) is 14.8. The summed E-state index contributed by atoms with van der Waals surface area (Å²) in [6.45, 7) is 0. The van der Waals surface area contributed by atoms with Gasteiger partial charge in [-0.15, -0.1) is 11.3 Å². The van der Waals surface area contributed by atoms with E-state index >= 15 is 0 Å². The van der Waals surface area contributed by atoms with Crippen LogP contribution in [-0.4, -0.2) is 20.7 Å². The lowest BCUT2D eigenvalue weighted by Gasteiger charge is -2.10. The van der Waals surface area contributed by atoms with Gasteiger partial charge in [0.2, 0.25) is 0 Å². The van der Waals surface area contributed by atoms with Crippen molar-refractivity contribution in [2.75, 3.05) is 5.32 Å². The van der Waals surface area contributed by atoms with Crippen molar-refractivity contribution in [3.8, 4) is 5.69 Å². The second-order valence-electron chi connectivity index (χ2n) is 4.05. The van der Waals surface area contributed by atoms with Crippen molar-refractivity contribution in [2.45, 2.75) is 0 Å². The predicted octanol–water partition coefficient (Wildman–Crippen LogP) is 3.89. The van der Waals surface area contributed by atoms with Crippen molar-refractivity contribution in [3.05, 3.63) is 57.2 Å². The first-order valence-electron chi connectivity index (χ1n) is 5.85. The maximum Gasteiger partial charge on any atom is 0.258 e. The van der Waals surface area contributed by atoms with Crippen LogP contribution in [-0.2, 0) is 0 Å². The van der Waals surface area contributed by atoms with E-state index < -0.39 is 0 Å². The number of nitrogens with one attached hydrogen (secondary N) is 1. The summed E-state index contributed by atoms with van der Waals surface area (Å²) < 4.78 is 2.39. The zero-order valence-electron chi connectivity index (χ0n) is 10.5. The Kier molecular flexibility index (Phi) is 3.92. The molecule has 0 bridgehead atoms. The van der Waals surface area contributed by atoms with E-state index in [-0.39, 0.29) is 5.91 Å². The Morgan fingerprint density at radius 3 is 2.76 bits per heavy atom. The summed E-state index contributed by atoms with van der Waals surface area (Å²) >= 11 is 13.0. The second-order valence-corrected chi connectivity index (χ2v) is 6.33. The van der Waals surface area contributed by atoms with Crippen LogP contribution in [0.1, 0.15) is 10.4 Å². The van der Waals surface area contributed by atoms with E-state index in [1.807, 2.05) is 18.2 Å². The molecule has 5 nitrogen and oxygen atoms in total. The van der Waals surface area contributed by atoms with Gasteiger partial charge in [-0.05, 0) is 18.2 Å². The minimum atomic E-state index is -0.323. The summed E-state index contributed by atoms with van der Waals surface area (Å²) in [6.07, 6.45) is 2.98. The minimum absolute atomic E-state index is 0.323. The number of benzene rings is 1. The Hall–Kier alpha value is -1.89. The minimum Gasteiger partial charge on any atom is -0.320 e. The van der Waals surface area contributed by atoms with Crippen LogP contribution in [0.2, 0.25) is 8.67 Å². The monoisotopic (exact) mass is 338 g/mol. The predicted molar refractivity (Wildman–Crippen MR) is 83.7 cm³/mol. The van der Waals surface area contributed by atoms with Gasteiger partial charge in [0, 0.05) is 0 Å². The first-order chi connectivity index (χ1) is 10.1. The van der Waals surface area contributed by atoms with Crippen LogP contribution in [0.4, 0.5) is 5.69 Å². The van der Waals surface area contributed by atoms with Gasteiger partial charge in [0.15, 0.2) is 0 Å². The average molecular weight is 339 g/mol. The van der Waals surface area contributed by atoms with Crippen LogP contribution in [0.5, 0.6) is 0 Å². The van der Waals surface area contributed by atoms with Crippen molar-refractivity contribution in [1.82, 2.24) is 14.8 Å². The van der Waals surface area contributed by atoms with Crippen molar-refractivity contribution in [2.24, 2.45) is 0 Å². The Labute approximate surface area is 134 Å². The third kappa shape index (κ3) is 2.92. The number of hydrogen-bond donors (Lipinski definition) is 1. The molecular weight excluding hydrogens is 331 g/mol. The fourth-order valence-corrected chi connectivity index (χ4v) is 3.25. The number of aromatic nitrogens is 3. The van der Waals surface area contributed by atoms with Crippen molar-refractivity contribution in [1.29, 1.82) is 0 Å². The number of halogens is 2. The van der Waals surface area contributed by atoms with Crippen LogP contribution in [0, 0.1) is 0 Å². The summed E-state index contributed by atoms with van der Waals surface area (Å²) in [7, 11) is 0. The van der Waals surface area contributed by atoms with Crippen molar-refractivity contribution in [3.63, 3.8) is 0 Å². The maximum absolute atomic E-state index is 12.3. The van der Waals surface area contributed by atoms with Gasteiger partial charge < -0.3 is 5.32 Å². The standard InChI is InChI=1S/C13H8Cl2N4OS/c14-11-5-8(12(15)21-11)13(20)18-9-3-1-2-4-10(9)19-7-16-6-17-19/h1-7H,(H,18,20). The largest absolute Gasteiger partial charge is 0.320 e. The number of nitrogens with zero attached hydrogens (tertiary/aromatic N) is 3. The number of rotatable bonds is 3. The zero-order valence-corrected chi connectivity index (χ0v) is 12.8. The summed E-state index contributed by atoms with van der Waals surface area (Å²) in [5.41, 5.74) is 1.66. The number of anilines is 1. The van der Waals surface area contributed by atoms with Gasteiger partial charge in [0.1, 0.15) is 17.0 Å². The molecule has 0 saturated carbocycles. The van der Waals surface area contributed by atoms with Gasteiger partial charge in [-0.3, -0.25) is 4.79 Å². The highest BCUT2D eigenvalue weighted by molar-refractivity contribution is 7.20. The van der Waals surface area contributed by atoms with Crippen LogP contribution in [0.25, 0.3) is 5.69 Å². The molecule has 21 heavy (non-hydrogen) atoms. The lowest BCUT2D eigenvalue weighted by Crippen LogP contribution is -2.13. The van der Waals surface area contributed by atoms with Gasteiger partial charge >= 0.3 is 0 Å². The number of para-hydroxylation sites is 2. The molecule has 2 aromatic heterocycles. The molecule has 8 heteroatoms. The molecule has 0 saturated heterocycles. The second kappa shape index (κ2) is 5.85. The number of thiophene rings is 1. The topological polar surface area (TPSA) is 59.8 Å². The molecule has 0 aliphatic carbocycles. The van der Waals surface area contributed by atoms with E-state index in [1.54, 1.807) is 23.1 Å². The van der Waals surface area contributed by atoms with Crippen LogP contribution in [0.15, 0.2) is 43.0 Å². The summed E-state index contributed by atoms with van der Waals surface area (Å²) in [5, 5.41) is 6.86. The van der Waals surface area contributed by atoms with E-state index in [1.165, 1.54) is 6.33 Å². The molecule has 3 aromatic rings. The van der Waals surface area contributed by atoms with E-state index in [0.717, 1.165) is 11.3 Å². The highest BCUT2D eigenvalue weighted by atomic mass is 35.5. The van der Waals surface area contributed by atoms with Crippen LogP contribution in [0.3, 0.4) is 0 Å². The smallest absolute Gasteiger partial charge is 0.258 e. The number of hydrogen-bond acceptors (Lipinski definition) is 4. The third-order valence-corrected chi connectivity index (χ3v) is 4.21. The third-order valence-electron chi connectivity index (χ3n) is 2.72. The molecule has 106 valence electrons. The van der Waals surface area contributed by atoms with E-state index in [9.17, 15) is 4.79 Å². The Morgan fingerprint density at radius 1 is 1.29 bits per heavy atom. The van der Waals surface area contributed by atoms with Crippen LogP contribution >= 0.6 is 34.5 Å². The van der Waals surface area contributed by atoms with E-state index in [4.69, 9.17) is 23.2 Å². The van der Waals surface area contributed by atoms with Gasteiger partial charge in [-0.1, -0.05) is 35.3 Å². The van der Waals surface area contributed by atoms with Gasteiger partial charge in [-0.25, -0.2) is 9.67 Å². The molecule has 1 N–H and O–H groups in total. The highest BCUT2D eigenvalue weighted by Gasteiger charge is 2.16. The normalized spacial score (nSPS) is 10.6. The number of amides is 1. The lowest BCUT2D eigenvalue weighted by molar-refractivity contribution is 0.102. The average Bonchev–Trinajstić information content (AvgIpc) is 3.09. The van der Waals surface area contributed by atoms with Gasteiger partial charge in [0.05, 0.1) is 21.3 Å². The molecule has 0 unspecified atom stereocenters. The molecule has 0 spiro atoms. The van der Waals surface area contributed by atoms with Crippen LogP contribution < -0.4 is 5.32 Å². The van der Waals surface area contributed by atoms with Crippen molar-refractivity contribution >= 4 is 46.1 Å². The Morgan fingerprint density at radius 2 is 2.10 bits per heavy atom. The molecule has 1 aromatic carbocycles. The van der Waals surface area contributed by atoms with Crippen molar-refractivity contribution < 1.29 is 4.79 Å². The highest BCUT2D eigenvalue weighted by Crippen LogP contribution is 2.32. The summed E-state index contributed by atoms with van der Waals surface area (Å²) in [6, 6.07) is 8.81. The molecule has 2 heterocycles. The maximum atomic E-state index is 12.3. The van der Waals surface area contributed by atoms with Gasteiger partial charge in [0.25, 0.3) is 5.91 Å². The first kappa shape index (κ1) is 14.1. The molecule has 3 rings (SSSR count). The number of carbonyl (C=O) groups is 1. The quantitative estimate of drug-likeness (QED) is 0.788. The summed E-state index contributed by atoms with van der Waals surface area (Å²) in [5.74, 6) is -0.323. The molecule has 1 amide bonds. The molecule has 0 aliphatic rings. The van der Waals surface area contributed by atoms with Gasteiger partial charge in [-0.2, -0.15) is 5.10 Å².